The summed E-state index contributed by atoms with van der Waals surface area (Å²) < 4.78 is 33.9. The van der Waals surface area contributed by atoms with Crippen LogP contribution in [0, 0.1) is 0 Å². The first kappa shape index (κ1) is 22.6. The minimum atomic E-state index is -3.65. The Kier molecular flexibility index (Phi) is 7.07. The molecule has 0 spiro atoms. The molecule has 1 saturated heterocycles. The lowest BCUT2D eigenvalue weighted by Crippen LogP contribution is -2.36. The van der Waals surface area contributed by atoms with Crippen molar-refractivity contribution < 1.29 is 17.9 Å². The number of anilines is 2. The quantitative estimate of drug-likeness (QED) is 0.695. The Balaban J connectivity index is 1.89. The fourth-order valence-electron chi connectivity index (χ4n) is 3.49. The maximum absolute atomic E-state index is 13.0. The molecule has 1 amide bonds. The number of hydrogen-bond acceptors (Lipinski definition) is 5. The van der Waals surface area contributed by atoms with Crippen molar-refractivity contribution in [2.45, 2.75) is 18.7 Å². The summed E-state index contributed by atoms with van der Waals surface area (Å²) in [6.45, 7) is 6.93. The van der Waals surface area contributed by atoms with Gasteiger partial charge in [-0.05, 0) is 24.3 Å². The minimum absolute atomic E-state index is 0.0957. The molecule has 0 radical (unpaired) electrons. The van der Waals surface area contributed by atoms with Gasteiger partial charge in [0.1, 0.15) is 10.6 Å². The topological polar surface area (TPSA) is 83.9 Å². The zero-order valence-corrected chi connectivity index (χ0v) is 19.0. The van der Waals surface area contributed by atoms with Crippen LogP contribution >= 0.6 is 11.6 Å². The number of nitrogens with zero attached hydrogens (tertiary/aromatic N) is 3. The number of ether oxygens (including phenoxy) is 1. The van der Waals surface area contributed by atoms with Crippen LogP contribution in [0.15, 0.2) is 35.4 Å². The number of morpholine rings is 1. The van der Waals surface area contributed by atoms with Gasteiger partial charge in [0.25, 0.3) is 5.91 Å². The minimum Gasteiger partial charge on any atom is -0.378 e. The van der Waals surface area contributed by atoms with E-state index in [4.69, 9.17) is 16.3 Å². The van der Waals surface area contributed by atoms with Crippen molar-refractivity contribution in [2.24, 2.45) is 7.05 Å². The monoisotopic (exact) mass is 454 g/mol. The smallest absolute Gasteiger partial charge is 0.272 e. The average Bonchev–Trinajstić information content (AvgIpc) is 3.12. The van der Waals surface area contributed by atoms with Gasteiger partial charge in [0.2, 0.25) is 10.0 Å². The molecule has 8 nitrogen and oxygen atoms in total. The van der Waals surface area contributed by atoms with Crippen LogP contribution in [0.4, 0.5) is 11.4 Å². The fourth-order valence-corrected chi connectivity index (χ4v) is 5.19. The molecule has 0 unspecified atom stereocenters. The lowest BCUT2D eigenvalue weighted by atomic mass is 10.2. The summed E-state index contributed by atoms with van der Waals surface area (Å²) in [5.74, 6) is -0.407. The average molecular weight is 455 g/mol. The highest BCUT2D eigenvalue weighted by atomic mass is 35.5. The number of aryl methyl sites for hydroxylation is 1. The van der Waals surface area contributed by atoms with Crippen LogP contribution in [0.1, 0.15) is 24.3 Å². The van der Waals surface area contributed by atoms with Crippen LogP contribution < -0.4 is 10.2 Å². The summed E-state index contributed by atoms with van der Waals surface area (Å²) in [6.07, 6.45) is 1.46. The second-order valence-corrected chi connectivity index (χ2v) is 9.35. The zero-order valence-electron chi connectivity index (χ0n) is 17.4. The number of halogens is 1. The molecule has 30 heavy (non-hydrogen) atoms. The highest BCUT2D eigenvalue weighted by Crippen LogP contribution is 2.30. The van der Waals surface area contributed by atoms with Gasteiger partial charge in [0, 0.05) is 44.4 Å². The van der Waals surface area contributed by atoms with Crippen LogP contribution in [0.2, 0.25) is 5.02 Å². The molecular weight excluding hydrogens is 428 g/mol. The Hall–Kier alpha value is -2.07. The lowest BCUT2D eigenvalue weighted by Gasteiger charge is -2.30. The Morgan fingerprint density at radius 1 is 1.20 bits per heavy atom. The second kappa shape index (κ2) is 9.38. The second-order valence-electron chi connectivity index (χ2n) is 6.98. The van der Waals surface area contributed by atoms with E-state index in [9.17, 15) is 13.2 Å². The number of benzene rings is 1. The van der Waals surface area contributed by atoms with E-state index in [-0.39, 0.29) is 10.6 Å². The van der Waals surface area contributed by atoms with E-state index in [2.05, 4.69) is 10.2 Å². The fraction of sp³-hybridized carbons (Fsp3) is 0.450. The largest absolute Gasteiger partial charge is 0.378 e. The van der Waals surface area contributed by atoms with E-state index < -0.39 is 15.9 Å². The van der Waals surface area contributed by atoms with Gasteiger partial charge in [-0.15, -0.1) is 0 Å². The van der Waals surface area contributed by atoms with Gasteiger partial charge < -0.3 is 19.5 Å². The van der Waals surface area contributed by atoms with Gasteiger partial charge in [-0.3, -0.25) is 4.79 Å². The van der Waals surface area contributed by atoms with Crippen LogP contribution in [-0.2, 0) is 21.8 Å². The number of hydrogen-bond donors (Lipinski definition) is 1. The third kappa shape index (κ3) is 4.64. The van der Waals surface area contributed by atoms with Gasteiger partial charge >= 0.3 is 0 Å². The van der Waals surface area contributed by atoms with E-state index in [0.717, 1.165) is 5.69 Å². The molecule has 2 heterocycles. The SMILES string of the molecule is CCN(CC)S(=O)(=O)c1cc(C(=O)Nc2cc(Cl)ccc2N2CCOCC2)n(C)c1. The van der Waals surface area contributed by atoms with Crippen LogP contribution in [0.25, 0.3) is 0 Å². The molecule has 1 fully saturated rings. The summed E-state index contributed by atoms with van der Waals surface area (Å²) >= 11 is 6.16. The number of rotatable bonds is 7. The molecular formula is C20H27ClN4O4S. The standard InChI is InChI=1S/C20H27ClN4O4S/c1-4-25(5-2)30(27,28)16-13-19(23(3)14-16)20(26)22-17-12-15(21)6-7-18(17)24-8-10-29-11-9-24/h6-7,12-14H,4-5,8-11H2,1-3H3,(H,22,26). The third-order valence-electron chi connectivity index (χ3n) is 5.11. The number of carbonyl (C=O) groups is 1. The summed E-state index contributed by atoms with van der Waals surface area (Å²) in [5, 5.41) is 3.39. The van der Waals surface area contributed by atoms with Crippen molar-refractivity contribution in [1.82, 2.24) is 8.87 Å². The molecule has 1 aromatic heterocycles. The molecule has 0 atom stereocenters. The Morgan fingerprint density at radius 2 is 1.87 bits per heavy atom. The summed E-state index contributed by atoms with van der Waals surface area (Å²) in [4.78, 5) is 15.2. The third-order valence-corrected chi connectivity index (χ3v) is 7.36. The van der Waals surface area contributed by atoms with Gasteiger partial charge in [-0.2, -0.15) is 4.31 Å². The maximum atomic E-state index is 13.0. The molecule has 1 N–H and O–H groups in total. The summed E-state index contributed by atoms with van der Waals surface area (Å²) in [5.41, 5.74) is 1.67. The summed E-state index contributed by atoms with van der Waals surface area (Å²) in [7, 11) is -2.00. The molecule has 3 rings (SSSR count). The first-order valence-electron chi connectivity index (χ1n) is 9.88. The van der Waals surface area contributed by atoms with Gasteiger partial charge in [-0.1, -0.05) is 25.4 Å². The van der Waals surface area contributed by atoms with E-state index in [0.29, 0.717) is 50.1 Å². The van der Waals surface area contributed by atoms with Crippen molar-refractivity contribution in [3.8, 4) is 0 Å². The van der Waals surface area contributed by atoms with Gasteiger partial charge in [0.05, 0.1) is 24.6 Å². The van der Waals surface area contributed by atoms with Crippen molar-refractivity contribution in [1.29, 1.82) is 0 Å². The van der Waals surface area contributed by atoms with Gasteiger partial charge in [0.15, 0.2) is 0 Å². The molecule has 0 saturated carbocycles. The Labute approximate surface area is 182 Å². The van der Waals surface area contributed by atoms with Crippen LogP contribution in [0.3, 0.4) is 0 Å². The number of amides is 1. The molecule has 1 aliphatic heterocycles. The van der Waals surface area contributed by atoms with Crippen LogP contribution in [-0.4, -0.2) is 62.6 Å². The predicted molar refractivity (Wildman–Crippen MR) is 118 cm³/mol. The molecule has 1 aliphatic rings. The number of aromatic nitrogens is 1. The molecule has 0 aliphatic carbocycles. The molecule has 1 aromatic carbocycles. The number of carbonyl (C=O) groups excluding carboxylic acids is 1. The lowest BCUT2D eigenvalue weighted by molar-refractivity contribution is 0.101. The summed E-state index contributed by atoms with van der Waals surface area (Å²) in [6, 6.07) is 6.74. The maximum Gasteiger partial charge on any atom is 0.272 e. The van der Waals surface area contributed by atoms with E-state index in [1.165, 1.54) is 21.1 Å². The first-order valence-corrected chi connectivity index (χ1v) is 11.7. The molecule has 0 bridgehead atoms. The first-order chi connectivity index (χ1) is 14.3. The Bertz CT molecular complexity index is 1010. The molecule has 10 heteroatoms. The van der Waals surface area contributed by atoms with E-state index in [1.54, 1.807) is 33.0 Å². The van der Waals surface area contributed by atoms with Crippen molar-refractivity contribution >= 4 is 38.9 Å². The number of sulfonamides is 1. The normalized spacial score (nSPS) is 14.9. The van der Waals surface area contributed by atoms with Crippen molar-refractivity contribution in [3.05, 3.63) is 41.2 Å². The Morgan fingerprint density at radius 3 is 2.50 bits per heavy atom. The molecule has 2 aromatic rings. The molecule has 164 valence electrons. The van der Waals surface area contributed by atoms with Crippen molar-refractivity contribution in [2.75, 3.05) is 49.6 Å². The highest BCUT2D eigenvalue weighted by molar-refractivity contribution is 7.89. The zero-order chi connectivity index (χ0) is 21.9. The van der Waals surface area contributed by atoms with Gasteiger partial charge in [-0.25, -0.2) is 8.42 Å². The highest BCUT2D eigenvalue weighted by Gasteiger charge is 2.26. The van der Waals surface area contributed by atoms with Crippen molar-refractivity contribution in [3.63, 3.8) is 0 Å². The van der Waals surface area contributed by atoms with E-state index in [1.807, 2.05) is 6.07 Å². The predicted octanol–water partition coefficient (Wildman–Crippen LogP) is 2.80. The number of nitrogens with one attached hydrogen (secondary N) is 1. The van der Waals surface area contributed by atoms with E-state index >= 15 is 0 Å². The van der Waals surface area contributed by atoms with Crippen LogP contribution in [0.5, 0.6) is 0 Å².